The zero-order valence-electron chi connectivity index (χ0n) is 23.4. The number of carboxylic acid groups (broad SMARTS) is 1. The number of benzene rings is 3. The van der Waals surface area contributed by atoms with Gasteiger partial charge in [0.1, 0.15) is 24.1 Å². The molecule has 10 heteroatoms. The van der Waals surface area contributed by atoms with E-state index in [1.54, 1.807) is 54.8 Å². The highest BCUT2D eigenvalue weighted by atomic mass is 19.1. The van der Waals surface area contributed by atoms with Crippen molar-refractivity contribution in [3.63, 3.8) is 0 Å². The van der Waals surface area contributed by atoms with Crippen LogP contribution in [0.4, 0.5) is 18.9 Å². The van der Waals surface area contributed by atoms with Crippen LogP contribution >= 0.6 is 0 Å². The lowest BCUT2D eigenvalue weighted by molar-refractivity contribution is 0.0697. The van der Waals surface area contributed by atoms with Crippen LogP contribution in [0, 0.1) is 23.6 Å². The third-order valence-corrected chi connectivity index (χ3v) is 6.98. The average Bonchev–Trinajstić information content (AvgIpc) is 3.32. The molecule has 0 aliphatic carbocycles. The number of carbonyl (C=O) groups is 1. The number of aromatic nitrogens is 3. The molecule has 5 rings (SSSR count). The maximum atomic E-state index is 15.5. The Morgan fingerprint density at radius 1 is 1.00 bits per heavy atom. The SMILES string of the molecule is [C-]#[N+]c1ccc(COc2cccc(-c3ccc(Cc4nc5ccc(C(=O)O)cc5n4CC(C)(C)CF)c(F)c3)n2)c(F)c1. The van der Waals surface area contributed by atoms with Gasteiger partial charge in [0, 0.05) is 35.6 Å². The third kappa shape index (κ3) is 6.51. The molecule has 0 radical (unpaired) electrons. The summed E-state index contributed by atoms with van der Waals surface area (Å²) in [5.41, 5.74) is 2.16. The van der Waals surface area contributed by atoms with E-state index in [2.05, 4.69) is 14.8 Å². The van der Waals surface area contributed by atoms with Gasteiger partial charge in [-0.15, -0.1) is 0 Å². The number of alkyl halides is 1. The molecule has 0 amide bonds. The van der Waals surface area contributed by atoms with Gasteiger partial charge >= 0.3 is 5.97 Å². The molecule has 0 saturated carbocycles. The topological polar surface area (TPSA) is 81.6 Å². The van der Waals surface area contributed by atoms with Gasteiger partial charge in [-0.1, -0.05) is 44.2 Å². The second-order valence-electron chi connectivity index (χ2n) is 10.9. The molecule has 0 saturated heterocycles. The van der Waals surface area contributed by atoms with E-state index in [1.807, 2.05) is 0 Å². The summed E-state index contributed by atoms with van der Waals surface area (Å²) in [6.45, 7) is 10.0. The summed E-state index contributed by atoms with van der Waals surface area (Å²) in [5.74, 6) is -1.43. The lowest BCUT2D eigenvalue weighted by atomic mass is 9.95. The predicted molar refractivity (Wildman–Crippen MR) is 156 cm³/mol. The molecule has 0 aliphatic heterocycles. The Morgan fingerprint density at radius 3 is 2.47 bits per heavy atom. The molecule has 2 aromatic heterocycles. The molecule has 0 unspecified atom stereocenters. The standard InChI is InChI=1S/C33H27F3N4O3/c1-33(2,18-34)19-40-29-14-22(32(41)42)10-12-28(29)38-30(40)15-20-7-8-21(13-25(20)35)27-5-4-6-31(39-27)43-17-23-9-11-24(37-3)16-26(23)36/h4-14,16H,15,17-19H2,1-2H3,(H,41,42). The first-order valence-electron chi connectivity index (χ1n) is 13.4. The molecule has 0 bridgehead atoms. The molecular weight excluding hydrogens is 557 g/mol. The van der Waals surface area contributed by atoms with Crippen molar-refractivity contribution in [2.75, 3.05) is 6.67 Å². The van der Waals surface area contributed by atoms with Crippen molar-refractivity contribution in [1.29, 1.82) is 0 Å². The lowest BCUT2D eigenvalue weighted by Gasteiger charge is -2.23. The van der Waals surface area contributed by atoms with Gasteiger partial charge in [0.25, 0.3) is 0 Å². The van der Waals surface area contributed by atoms with Crippen LogP contribution in [-0.4, -0.2) is 32.3 Å². The van der Waals surface area contributed by atoms with Crippen LogP contribution in [-0.2, 0) is 19.6 Å². The van der Waals surface area contributed by atoms with E-state index in [4.69, 9.17) is 11.3 Å². The van der Waals surface area contributed by atoms with Crippen molar-refractivity contribution >= 4 is 22.7 Å². The first-order chi connectivity index (χ1) is 20.6. The minimum Gasteiger partial charge on any atom is -0.478 e. The quantitative estimate of drug-likeness (QED) is 0.170. The average molecular weight is 585 g/mol. The van der Waals surface area contributed by atoms with Crippen LogP contribution in [0.5, 0.6) is 5.88 Å². The molecule has 3 aromatic carbocycles. The van der Waals surface area contributed by atoms with E-state index in [-0.39, 0.29) is 42.3 Å². The van der Waals surface area contributed by atoms with Crippen molar-refractivity contribution in [3.8, 4) is 17.1 Å². The summed E-state index contributed by atoms with van der Waals surface area (Å²) in [4.78, 5) is 23.8. The van der Waals surface area contributed by atoms with Crippen LogP contribution < -0.4 is 4.74 Å². The lowest BCUT2D eigenvalue weighted by Crippen LogP contribution is -2.23. The second kappa shape index (κ2) is 12.0. The van der Waals surface area contributed by atoms with Crippen molar-refractivity contribution < 1.29 is 27.8 Å². The minimum absolute atomic E-state index is 0.0793. The van der Waals surface area contributed by atoms with E-state index in [0.717, 1.165) is 6.07 Å². The first kappa shape index (κ1) is 29.3. The van der Waals surface area contributed by atoms with Gasteiger partial charge in [0.2, 0.25) is 5.88 Å². The van der Waals surface area contributed by atoms with Crippen LogP contribution in [0.15, 0.2) is 72.8 Å². The number of rotatable bonds is 10. The summed E-state index contributed by atoms with van der Waals surface area (Å²) in [6, 6.07) is 18.4. The van der Waals surface area contributed by atoms with Crippen LogP contribution in [0.1, 0.15) is 41.2 Å². The fraction of sp³-hybridized carbons (Fsp3) is 0.212. The van der Waals surface area contributed by atoms with Gasteiger partial charge < -0.3 is 14.4 Å². The van der Waals surface area contributed by atoms with Crippen LogP contribution in [0.3, 0.4) is 0 Å². The number of hydrogen-bond acceptors (Lipinski definition) is 4. The number of hydrogen-bond donors (Lipinski definition) is 1. The molecule has 0 fully saturated rings. The van der Waals surface area contributed by atoms with Gasteiger partial charge in [-0.05, 0) is 42.0 Å². The molecule has 218 valence electrons. The van der Waals surface area contributed by atoms with Crippen LogP contribution in [0.25, 0.3) is 27.1 Å². The Labute approximate surface area is 246 Å². The van der Waals surface area contributed by atoms with Gasteiger partial charge in [0.05, 0.1) is 35.5 Å². The Balaban J connectivity index is 1.39. The summed E-state index contributed by atoms with van der Waals surface area (Å²) in [5, 5.41) is 9.46. The normalized spacial score (nSPS) is 11.4. The Hall–Kier alpha value is -5.17. The Bertz CT molecular complexity index is 1880. The number of carboxylic acids is 1. The summed E-state index contributed by atoms with van der Waals surface area (Å²) >= 11 is 0. The molecule has 0 aliphatic rings. The van der Waals surface area contributed by atoms with Gasteiger partial charge in [-0.2, -0.15) is 0 Å². The number of ether oxygens (including phenoxy) is 1. The van der Waals surface area contributed by atoms with E-state index in [1.165, 1.54) is 30.3 Å². The molecule has 7 nitrogen and oxygen atoms in total. The number of aromatic carboxylic acids is 1. The maximum Gasteiger partial charge on any atom is 0.335 e. The van der Waals surface area contributed by atoms with E-state index < -0.39 is 29.7 Å². The molecule has 0 spiro atoms. The fourth-order valence-corrected chi connectivity index (χ4v) is 4.64. The summed E-state index contributed by atoms with van der Waals surface area (Å²) in [6.07, 6.45) is 0.0972. The second-order valence-corrected chi connectivity index (χ2v) is 10.9. The smallest absolute Gasteiger partial charge is 0.335 e. The van der Waals surface area contributed by atoms with Gasteiger partial charge in [-0.3, -0.25) is 4.39 Å². The Morgan fingerprint density at radius 2 is 1.77 bits per heavy atom. The van der Waals surface area contributed by atoms with E-state index >= 15 is 4.39 Å². The zero-order valence-corrected chi connectivity index (χ0v) is 23.4. The minimum atomic E-state index is -1.09. The third-order valence-electron chi connectivity index (χ3n) is 6.98. The van der Waals surface area contributed by atoms with Crippen molar-refractivity contribution in [1.82, 2.24) is 14.5 Å². The Kier molecular flexibility index (Phi) is 8.17. The van der Waals surface area contributed by atoms with E-state index in [0.29, 0.717) is 33.7 Å². The highest BCUT2D eigenvalue weighted by molar-refractivity contribution is 5.92. The van der Waals surface area contributed by atoms with Gasteiger partial charge in [0.15, 0.2) is 5.69 Å². The summed E-state index contributed by atoms with van der Waals surface area (Å²) in [7, 11) is 0. The molecule has 5 aromatic rings. The summed E-state index contributed by atoms with van der Waals surface area (Å²) < 4.78 is 50.9. The molecule has 43 heavy (non-hydrogen) atoms. The highest BCUT2D eigenvalue weighted by Crippen LogP contribution is 2.29. The molecular formula is C33H27F3N4O3. The number of fused-ring (bicyclic) bond motifs is 1. The number of imidazole rings is 1. The van der Waals surface area contributed by atoms with Crippen LogP contribution in [0.2, 0.25) is 0 Å². The van der Waals surface area contributed by atoms with Crippen molar-refractivity contribution in [3.05, 3.63) is 118 Å². The fourth-order valence-electron chi connectivity index (χ4n) is 4.64. The first-order valence-corrected chi connectivity index (χ1v) is 13.4. The van der Waals surface area contributed by atoms with Crippen molar-refractivity contribution in [2.45, 2.75) is 33.4 Å². The molecule has 2 heterocycles. The largest absolute Gasteiger partial charge is 0.478 e. The molecule has 1 N–H and O–H groups in total. The number of nitrogens with zero attached hydrogens (tertiary/aromatic N) is 4. The zero-order chi connectivity index (χ0) is 30.7. The molecule has 0 atom stereocenters. The monoisotopic (exact) mass is 584 g/mol. The predicted octanol–water partition coefficient (Wildman–Crippen LogP) is 7.79. The number of halogens is 3. The highest BCUT2D eigenvalue weighted by Gasteiger charge is 2.23. The maximum absolute atomic E-state index is 15.5. The van der Waals surface area contributed by atoms with Crippen molar-refractivity contribution in [2.24, 2.45) is 5.41 Å². The van der Waals surface area contributed by atoms with E-state index in [9.17, 15) is 18.7 Å². The van der Waals surface area contributed by atoms with Gasteiger partial charge in [-0.25, -0.2) is 28.4 Å². The number of pyridine rings is 1.